The number of rotatable bonds is 3. The lowest BCUT2D eigenvalue weighted by atomic mass is 9.91. The van der Waals surface area contributed by atoms with Crippen LogP contribution in [-0.2, 0) is 5.41 Å². The molecule has 0 atom stereocenters. The van der Waals surface area contributed by atoms with Gasteiger partial charge in [-0.15, -0.1) is 5.11 Å². The summed E-state index contributed by atoms with van der Waals surface area (Å²) in [4.78, 5) is 3.94. The number of nitrogens with one attached hydrogen (secondary N) is 1. The molecular formula is C14H19N7O. The van der Waals surface area contributed by atoms with E-state index in [0.717, 1.165) is 17.2 Å². The number of hydrogen-bond donors (Lipinski definition) is 1. The predicted molar refractivity (Wildman–Crippen MR) is 80.8 cm³/mol. The quantitative estimate of drug-likeness (QED) is 0.742. The van der Waals surface area contributed by atoms with Gasteiger partial charge < -0.3 is 4.42 Å². The van der Waals surface area contributed by atoms with Gasteiger partial charge in [0, 0.05) is 11.3 Å². The second-order valence-corrected chi connectivity index (χ2v) is 6.46. The third-order valence-corrected chi connectivity index (χ3v) is 3.24. The van der Waals surface area contributed by atoms with E-state index in [0.29, 0.717) is 5.69 Å². The molecule has 0 amide bonds. The molecule has 22 heavy (non-hydrogen) atoms. The minimum Gasteiger partial charge on any atom is -0.430 e. The summed E-state index contributed by atoms with van der Waals surface area (Å²) in [6.45, 7) is 10.4. The second-order valence-electron chi connectivity index (χ2n) is 6.46. The largest absolute Gasteiger partial charge is 0.430 e. The Morgan fingerprint density at radius 1 is 1.27 bits per heavy atom. The lowest BCUT2D eigenvalue weighted by molar-refractivity contribution is 0.555. The van der Waals surface area contributed by atoms with E-state index in [1.807, 2.05) is 0 Å². The minimum absolute atomic E-state index is 0.175. The van der Waals surface area contributed by atoms with Crippen LogP contribution in [0.15, 0.2) is 27.1 Å². The van der Waals surface area contributed by atoms with Crippen LogP contribution in [-0.4, -0.2) is 24.8 Å². The van der Waals surface area contributed by atoms with E-state index in [1.165, 1.54) is 12.5 Å². The molecular weight excluding hydrogens is 282 g/mol. The monoisotopic (exact) mass is 301 g/mol. The zero-order valence-electron chi connectivity index (χ0n) is 13.3. The molecule has 3 heterocycles. The molecule has 3 aromatic rings. The molecule has 0 aliphatic carbocycles. The second kappa shape index (κ2) is 5.04. The molecule has 8 heteroatoms. The number of aromatic amines is 1. The first-order chi connectivity index (χ1) is 10.4. The molecule has 8 nitrogen and oxygen atoms in total. The summed E-state index contributed by atoms with van der Waals surface area (Å²) in [6.07, 6.45) is 2.99. The van der Waals surface area contributed by atoms with Crippen molar-refractivity contribution in [3.8, 4) is 0 Å². The fourth-order valence-corrected chi connectivity index (χ4v) is 2.17. The molecule has 0 bridgehead atoms. The molecule has 0 saturated heterocycles. The van der Waals surface area contributed by atoms with Crippen LogP contribution >= 0.6 is 0 Å². The highest BCUT2D eigenvalue weighted by Crippen LogP contribution is 2.35. The van der Waals surface area contributed by atoms with E-state index in [9.17, 15) is 0 Å². The van der Waals surface area contributed by atoms with Crippen LogP contribution in [0, 0.1) is 0 Å². The topological polar surface area (TPSA) is 96.7 Å². The van der Waals surface area contributed by atoms with Crippen LogP contribution in [0.4, 0.5) is 11.7 Å². The van der Waals surface area contributed by atoms with Crippen molar-refractivity contribution in [3.05, 3.63) is 24.0 Å². The predicted octanol–water partition coefficient (Wildman–Crippen LogP) is 3.88. The van der Waals surface area contributed by atoms with Gasteiger partial charge in [0.1, 0.15) is 6.26 Å². The Bertz CT molecular complexity index is 802. The fraction of sp³-hybridized carbons (Fsp3) is 0.500. The van der Waals surface area contributed by atoms with Crippen molar-refractivity contribution in [2.24, 2.45) is 10.2 Å². The van der Waals surface area contributed by atoms with Crippen molar-refractivity contribution in [2.45, 2.75) is 46.0 Å². The molecule has 0 radical (unpaired) electrons. The van der Waals surface area contributed by atoms with E-state index in [4.69, 9.17) is 4.42 Å². The van der Waals surface area contributed by atoms with Gasteiger partial charge in [-0.3, -0.25) is 5.10 Å². The van der Waals surface area contributed by atoms with Gasteiger partial charge in [-0.25, -0.2) is 0 Å². The third-order valence-electron chi connectivity index (χ3n) is 3.24. The normalized spacial score (nSPS) is 13.0. The van der Waals surface area contributed by atoms with Crippen molar-refractivity contribution in [3.63, 3.8) is 0 Å². The summed E-state index contributed by atoms with van der Waals surface area (Å²) in [5, 5.41) is 20.3. The number of fused-ring (bicyclic) bond motifs is 1. The van der Waals surface area contributed by atoms with Gasteiger partial charge in [0.25, 0.3) is 0 Å². The Kier molecular flexibility index (Phi) is 3.31. The number of hydrogen-bond acceptors (Lipinski definition) is 6. The van der Waals surface area contributed by atoms with Crippen LogP contribution < -0.4 is 0 Å². The Balaban J connectivity index is 2.17. The van der Waals surface area contributed by atoms with Crippen molar-refractivity contribution in [1.82, 2.24) is 24.8 Å². The maximum Gasteiger partial charge on any atom is 0.340 e. The van der Waals surface area contributed by atoms with Crippen LogP contribution in [0.25, 0.3) is 5.65 Å². The van der Waals surface area contributed by atoms with Crippen molar-refractivity contribution < 1.29 is 4.42 Å². The Hall–Kier alpha value is -2.51. The molecule has 0 aromatic carbocycles. The molecule has 1 N–H and O–H groups in total. The summed E-state index contributed by atoms with van der Waals surface area (Å²) in [7, 11) is 0. The van der Waals surface area contributed by atoms with Gasteiger partial charge >= 0.3 is 6.01 Å². The van der Waals surface area contributed by atoms with Gasteiger partial charge in [-0.05, 0) is 0 Å². The summed E-state index contributed by atoms with van der Waals surface area (Å²) >= 11 is 0. The summed E-state index contributed by atoms with van der Waals surface area (Å²) in [5.74, 6) is 1.11. The van der Waals surface area contributed by atoms with Crippen LogP contribution in [0.2, 0.25) is 0 Å². The third kappa shape index (κ3) is 2.40. The first kappa shape index (κ1) is 14.4. The smallest absolute Gasteiger partial charge is 0.340 e. The Morgan fingerprint density at radius 2 is 2.05 bits per heavy atom. The van der Waals surface area contributed by atoms with E-state index >= 15 is 0 Å². The molecule has 0 aliphatic rings. The van der Waals surface area contributed by atoms with Crippen LogP contribution in [0.3, 0.4) is 0 Å². The van der Waals surface area contributed by atoms with Gasteiger partial charge in [0.05, 0.1) is 11.9 Å². The van der Waals surface area contributed by atoms with E-state index in [-0.39, 0.29) is 17.3 Å². The summed E-state index contributed by atoms with van der Waals surface area (Å²) in [5.41, 5.74) is 2.05. The van der Waals surface area contributed by atoms with Crippen LogP contribution in [0.5, 0.6) is 0 Å². The fourth-order valence-electron chi connectivity index (χ4n) is 2.17. The highest BCUT2D eigenvalue weighted by molar-refractivity contribution is 5.68. The number of aromatic nitrogens is 5. The standard InChI is InChI=1S/C14H19N7O/c1-8(2)11-17-18-12-9(16-19-13-15-6-7-22-13)10(14(3,4)5)20-21(11)12/h6-8,18H,1-5H3. The van der Waals surface area contributed by atoms with Crippen molar-refractivity contribution in [1.29, 1.82) is 0 Å². The van der Waals surface area contributed by atoms with E-state index < -0.39 is 0 Å². The van der Waals surface area contributed by atoms with Crippen molar-refractivity contribution in [2.75, 3.05) is 0 Å². The molecule has 3 aromatic heterocycles. The van der Waals surface area contributed by atoms with Crippen LogP contribution in [0.1, 0.15) is 52.1 Å². The van der Waals surface area contributed by atoms with E-state index in [2.05, 4.69) is 65.1 Å². The average Bonchev–Trinajstić information content (AvgIpc) is 3.11. The summed E-state index contributed by atoms with van der Waals surface area (Å²) < 4.78 is 6.89. The first-order valence-electron chi connectivity index (χ1n) is 7.16. The lowest BCUT2D eigenvalue weighted by Crippen LogP contribution is -2.13. The minimum atomic E-state index is -0.175. The molecule has 0 aliphatic heterocycles. The zero-order valence-corrected chi connectivity index (χ0v) is 13.3. The highest BCUT2D eigenvalue weighted by Gasteiger charge is 2.27. The molecule has 0 saturated carbocycles. The highest BCUT2D eigenvalue weighted by atomic mass is 16.4. The van der Waals surface area contributed by atoms with Gasteiger partial charge in [-0.1, -0.05) is 39.7 Å². The molecule has 0 spiro atoms. The maximum absolute atomic E-state index is 5.09. The average molecular weight is 301 g/mol. The first-order valence-corrected chi connectivity index (χ1v) is 7.16. The van der Waals surface area contributed by atoms with Gasteiger partial charge in [-0.2, -0.15) is 19.7 Å². The number of H-pyrrole nitrogens is 1. The lowest BCUT2D eigenvalue weighted by Gasteiger charge is -2.15. The van der Waals surface area contributed by atoms with Crippen molar-refractivity contribution >= 4 is 17.3 Å². The molecule has 0 unspecified atom stereocenters. The molecule has 3 rings (SSSR count). The van der Waals surface area contributed by atoms with Gasteiger partial charge in [0.15, 0.2) is 17.2 Å². The molecule has 116 valence electrons. The zero-order chi connectivity index (χ0) is 15.9. The maximum atomic E-state index is 5.09. The molecule has 0 fully saturated rings. The number of nitrogens with zero attached hydrogens (tertiary/aromatic N) is 6. The Morgan fingerprint density at radius 3 is 2.64 bits per heavy atom. The van der Waals surface area contributed by atoms with E-state index in [1.54, 1.807) is 4.52 Å². The van der Waals surface area contributed by atoms with Gasteiger partial charge in [0.2, 0.25) is 0 Å². The summed E-state index contributed by atoms with van der Waals surface area (Å²) in [6, 6.07) is 0.211. The SMILES string of the molecule is CC(C)c1n[nH]c2c(N=Nc3ncco3)c(C(C)(C)C)nn12. The number of azo groups is 1. The number of oxazole rings is 1. The Labute approximate surface area is 127 Å².